The van der Waals surface area contributed by atoms with Crippen molar-refractivity contribution in [2.24, 2.45) is 0 Å². The van der Waals surface area contributed by atoms with Crippen LogP contribution in [0.3, 0.4) is 0 Å². The zero-order valence-electron chi connectivity index (χ0n) is 10.9. The summed E-state index contributed by atoms with van der Waals surface area (Å²) >= 11 is 6.05. The third-order valence-corrected chi connectivity index (χ3v) is 3.35. The van der Waals surface area contributed by atoms with E-state index in [9.17, 15) is 0 Å². The van der Waals surface area contributed by atoms with Crippen LogP contribution in [0.5, 0.6) is 0 Å². The van der Waals surface area contributed by atoms with Gasteiger partial charge in [-0.2, -0.15) is 0 Å². The van der Waals surface area contributed by atoms with E-state index in [2.05, 4.69) is 20.2 Å². The molecule has 0 saturated carbocycles. The van der Waals surface area contributed by atoms with Gasteiger partial charge in [-0.15, -0.1) is 0 Å². The summed E-state index contributed by atoms with van der Waals surface area (Å²) in [6.45, 7) is 9.26. The monoisotopic (exact) mass is 270 g/mol. The molecular formula is C12H19ClN4O. The molecule has 5 nitrogen and oxygen atoms in total. The van der Waals surface area contributed by atoms with Crippen LogP contribution < -0.4 is 5.32 Å². The van der Waals surface area contributed by atoms with E-state index in [1.807, 2.05) is 13.8 Å². The normalized spacial score (nSPS) is 16.8. The number of aromatic nitrogens is 2. The molecule has 0 spiro atoms. The predicted molar refractivity (Wildman–Crippen MR) is 72.3 cm³/mol. The highest BCUT2D eigenvalue weighted by atomic mass is 35.5. The number of halogens is 1. The highest BCUT2D eigenvalue weighted by Crippen LogP contribution is 2.17. The van der Waals surface area contributed by atoms with E-state index < -0.39 is 0 Å². The topological polar surface area (TPSA) is 50.3 Å². The first-order valence-electron chi connectivity index (χ1n) is 6.21. The van der Waals surface area contributed by atoms with E-state index in [-0.39, 0.29) is 0 Å². The smallest absolute Gasteiger partial charge is 0.171 e. The lowest BCUT2D eigenvalue weighted by atomic mass is 10.3. The number of rotatable bonds is 4. The van der Waals surface area contributed by atoms with Gasteiger partial charge in [0.1, 0.15) is 0 Å². The average molecular weight is 271 g/mol. The first-order valence-corrected chi connectivity index (χ1v) is 6.59. The van der Waals surface area contributed by atoms with E-state index in [0.717, 1.165) is 50.8 Å². The van der Waals surface area contributed by atoms with Gasteiger partial charge in [0.05, 0.1) is 24.6 Å². The number of nitrogens with one attached hydrogen (secondary N) is 1. The molecule has 0 bridgehead atoms. The number of hydrogen-bond donors (Lipinski definition) is 1. The summed E-state index contributed by atoms with van der Waals surface area (Å²) in [4.78, 5) is 11.0. The molecule has 1 N–H and O–H groups in total. The summed E-state index contributed by atoms with van der Waals surface area (Å²) in [6, 6.07) is 0. The van der Waals surface area contributed by atoms with Gasteiger partial charge >= 0.3 is 0 Å². The van der Waals surface area contributed by atoms with Crippen LogP contribution in [0.25, 0.3) is 0 Å². The van der Waals surface area contributed by atoms with E-state index in [4.69, 9.17) is 16.3 Å². The first-order chi connectivity index (χ1) is 8.66. The van der Waals surface area contributed by atoms with Crippen LogP contribution in [-0.4, -0.2) is 54.3 Å². The molecule has 1 aliphatic rings. The average Bonchev–Trinajstić information content (AvgIpc) is 2.37. The van der Waals surface area contributed by atoms with Crippen molar-refractivity contribution in [3.05, 3.63) is 16.5 Å². The molecule has 1 fully saturated rings. The Balaban J connectivity index is 1.84. The van der Waals surface area contributed by atoms with Gasteiger partial charge in [-0.1, -0.05) is 11.6 Å². The van der Waals surface area contributed by atoms with Gasteiger partial charge in [-0.3, -0.25) is 4.90 Å². The van der Waals surface area contributed by atoms with Crippen LogP contribution in [0.4, 0.5) is 5.82 Å². The van der Waals surface area contributed by atoms with Crippen LogP contribution in [0, 0.1) is 13.8 Å². The van der Waals surface area contributed by atoms with Crippen LogP contribution in [0.1, 0.15) is 11.4 Å². The second-order valence-electron chi connectivity index (χ2n) is 4.41. The summed E-state index contributed by atoms with van der Waals surface area (Å²) in [5.74, 6) is 0.674. The Morgan fingerprint density at radius 3 is 2.61 bits per heavy atom. The maximum absolute atomic E-state index is 6.05. The Morgan fingerprint density at radius 1 is 1.22 bits per heavy atom. The largest absolute Gasteiger partial charge is 0.379 e. The minimum Gasteiger partial charge on any atom is -0.379 e. The Labute approximate surface area is 113 Å². The molecule has 6 heteroatoms. The number of hydrogen-bond acceptors (Lipinski definition) is 5. The molecule has 0 radical (unpaired) electrons. The van der Waals surface area contributed by atoms with Crippen LogP contribution in [0.15, 0.2) is 0 Å². The molecule has 0 unspecified atom stereocenters. The quantitative estimate of drug-likeness (QED) is 0.898. The van der Waals surface area contributed by atoms with Gasteiger partial charge in [-0.05, 0) is 13.8 Å². The Bertz CT molecular complexity index is 407. The molecular weight excluding hydrogens is 252 g/mol. The Hall–Kier alpha value is -0.910. The van der Waals surface area contributed by atoms with Gasteiger partial charge in [-0.25, -0.2) is 9.97 Å². The molecule has 1 saturated heterocycles. The van der Waals surface area contributed by atoms with E-state index >= 15 is 0 Å². The summed E-state index contributed by atoms with van der Waals surface area (Å²) in [7, 11) is 0. The van der Waals surface area contributed by atoms with E-state index in [0.29, 0.717) is 11.0 Å². The van der Waals surface area contributed by atoms with Crippen molar-refractivity contribution in [2.45, 2.75) is 13.8 Å². The van der Waals surface area contributed by atoms with Crippen molar-refractivity contribution >= 4 is 17.4 Å². The number of aryl methyl sites for hydroxylation is 2. The summed E-state index contributed by atoms with van der Waals surface area (Å²) in [5, 5.41) is 3.68. The third-order valence-electron chi connectivity index (χ3n) is 3.09. The van der Waals surface area contributed by atoms with Crippen molar-refractivity contribution in [1.29, 1.82) is 0 Å². The molecule has 2 rings (SSSR count). The molecule has 18 heavy (non-hydrogen) atoms. The van der Waals surface area contributed by atoms with Crippen molar-refractivity contribution < 1.29 is 4.74 Å². The molecule has 1 aromatic rings. The molecule has 0 atom stereocenters. The molecule has 100 valence electrons. The number of nitrogens with zero attached hydrogens (tertiary/aromatic N) is 3. The lowest BCUT2D eigenvalue weighted by Gasteiger charge is -2.26. The zero-order valence-corrected chi connectivity index (χ0v) is 11.6. The SMILES string of the molecule is Cc1nc(Cl)c(NCCN2CCOCC2)nc1C. The van der Waals surface area contributed by atoms with Gasteiger partial charge < -0.3 is 10.1 Å². The van der Waals surface area contributed by atoms with Gasteiger partial charge in [0.2, 0.25) is 0 Å². The summed E-state index contributed by atoms with van der Waals surface area (Å²) in [5.41, 5.74) is 1.78. The fraction of sp³-hybridized carbons (Fsp3) is 0.667. The van der Waals surface area contributed by atoms with Crippen molar-refractivity contribution in [3.63, 3.8) is 0 Å². The fourth-order valence-electron chi connectivity index (χ4n) is 1.85. The third kappa shape index (κ3) is 3.54. The van der Waals surface area contributed by atoms with Gasteiger partial charge in [0.15, 0.2) is 11.0 Å². The predicted octanol–water partition coefficient (Wildman–Crippen LogP) is 1.49. The van der Waals surface area contributed by atoms with Crippen LogP contribution >= 0.6 is 11.6 Å². The van der Waals surface area contributed by atoms with Crippen LogP contribution in [0.2, 0.25) is 5.15 Å². The number of anilines is 1. The van der Waals surface area contributed by atoms with E-state index in [1.54, 1.807) is 0 Å². The summed E-state index contributed by atoms with van der Waals surface area (Å²) in [6.07, 6.45) is 0. The molecule has 1 aromatic heterocycles. The number of morpholine rings is 1. The molecule has 0 aliphatic carbocycles. The zero-order chi connectivity index (χ0) is 13.0. The van der Waals surface area contributed by atoms with Crippen molar-refractivity contribution in [3.8, 4) is 0 Å². The second kappa shape index (κ2) is 6.31. The molecule has 2 heterocycles. The summed E-state index contributed by atoms with van der Waals surface area (Å²) < 4.78 is 5.31. The minimum absolute atomic E-state index is 0.445. The van der Waals surface area contributed by atoms with E-state index in [1.165, 1.54) is 0 Å². The van der Waals surface area contributed by atoms with Crippen molar-refractivity contribution in [2.75, 3.05) is 44.7 Å². The lowest BCUT2D eigenvalue weighted by Crippen LogP contribution is -2.39. The maximum Gasteiger partial charge on any atom is 0.171 e. The Kier molecular flexibility index (Phi) is 4.74. The van der Waals surface area contributed by atoms with Gasteiger partial charge in [0.25, 0.3) is 0 Å². The molecule has 0 amide bonds. The van der Waals surface area contributed by atoms with Crippen LogP contribution in [-0.2, 0) is 4.74 Å². The highest BCUT2D eigenvalue weighted by molar-refractivity contribution is 6.31. The molecule has 0 aromatic carbocycles. The fourth-order valence-corrected chi connectivity index (χ4v) is 2.08. The van der Waals surface area contributed by atoms with Gasteiger partial charge in [0, 0.05) is 26.2 Å². The Morgan fingerprint density at radius 2 is 1.89 bits per heavy atom. The first kappa shape index (κ1) is 13.5. The highest BCUT2D eigenvalue weighted by Gasteiger charge is 2.10. The maximum atomic E-state index is 6.05. The minimum atomic E-state index is 0.445. The lowest BCUT2D eigenvalue weighted by molar-refractivity contribution is 0.0398. The standard InChI is InChI=1S/C12H19ClN4O/c1-9-10(2)16-12(11(13)15-9)14-3-4-17-5-7-18-8-6-17/h3-8H2,1-2H3,(H,14,16). The van der Waals surface area contributed by atoms with Crippen molar-refractivity contribution in [1.82, 2.24) is 14.9 Å². The molecule has 1 aliphatic heterocycles. The number of ether oxygens (including phenoxy) is 1. The second-order valence-corrected chi connectivity index (χ2v) is 4.77.